The van der Waals surface area contributed by atoms with E-state index in [1.54, 1.807) is 24.3 Å². The highest BCUT2D eigenvalue weighted by Gasteiger charge is 2.19. The molecule has 5 rings (SSSR count). The number of aromatic nitrogens is 1. The van der Waals surface area contributed by atoms with Gasteiger partial charge in [-0.2, -0.15) is 0 Å². The van der Waals surface area contributed by atoms with Crippen molar-refractivity contribution >= 4 is 39.9 Å². The molecule has 2 heterocycles. The molecule has 2 amide bonds. The van der Waals surface area contributed by atoms with Crippen LogP contribution in [0.2, 0.25) is 0 Å². The van der Waals surface area contributed by atoms with Crippen molar-refractivity contribution < 1.29 is 14.3 Å². The van der Waals surface area contributed by atoms with Crippen molar-refractivity contribution in [1.29, 1.82) is 0 Å². The molecule has 0 radical (unpaired) electrons. The van der Waals surface area contributed by atoms with Crippen LogP contribution in [-0.4, -0.2) is 49.6 Å². The fourth-order valence-corrected chi connectivity index (χ4v) is 4.29. The lowest BCUT2D eigenvalue weighted by Crippen LogP contribution is -2.46. The van der Waals surface area contributed by atoms with Gasteiger partial charge in [-0.15, -0.1) is 0 Å². The molecule has 4 aromatic rings. The quantitative estimate of drug-likeness (QED) is 0.418. The van der Waals surface area contributed by atoms with Gasteiger partial charge in [0.1, 0.15) is 17.1 Å². The summed E-state index contributed by atoms with van der Waals surface area (Å²) in [6.07, 6.45) is 0. The Morgan fingerprint density at radius 1 is 0.833 bits per heavy atom. The van der Waals surface area contributed by atoms with Crippen LogP contribution < -0.4 is 25.6 Å². The Bertz CT molecular complexity index is 1370. The van der Waals surface area contributed by atoms with Crippen LogP contribution in [0.3, 0.4) is 0 Å². The van der Waals surface area contributed by atoms with Crippen molar-refractivity contribution in [2.24, 2.45) is 5.73 Å². The van der Waals surface area contributed by atoms with E-state index in [9.17, 15) is 9.59 Å². The van der Waals surface area contributed by atoms with Gasteiger partial charge in [0.25, 0.3) is 5.91 Å². The molecule has 8 nitrogen and oxygen atoms in total. The van der Waals surface area contributed by atoms with Gasteiger partial charge in [-0.3, -0.25) is 9.59 Å². The first kappa shape index (κ1) is 23.2. The third-order valence-corrected chi connectivity index (χ3v) is 6.21. The van der Waals surface area contributed by atoms with Crippen LogP contribution in [0.25, 0.3) is 10.9 Å². The average molecular weight is 482 g/mol. The number of pyridine rings is 1. The molecule has 0 aliphatic carbocycles. The summed E-state index contributed by atoms with van der Waals surface area (Å²) >= 11 is 0. The summed E-state index contributed by atoms with van der Waals surface area (Å²) in [4.78, 5) is 33.2. The number of benzene rings is 3. The zero-order valence-electron chi connectivity index (χ0n) is 19.8. The van der Waals surface area contributed by atoms with E-state index in [1.807, 2.05) is 36.4 Å². The van der Waals surface area contributed by atoms with Gasteiger partial charge in [0.2, 0.25) is 5.91 Å². The molecule has 1 fully saturated rings. The second kappa shape index (κ2) is 10.4. The summed E-state index contributed by atoms with van der Waals surface area (Å²) in [6.45, 7) is 3.41. The van der Waals surface area contributed by atoms with E-state index in [4.69, 9.17) is 15.5 Å². The Hall–Kier alpha value is -4.59. The molecule has 0 saturated carbocycles. The Kier molecular flexibility index (Phi) is 6.66. The van der Waals surface area contributed by atoms with E-state index in [1.165, 1.54) is 5.69 Å². The van der Waals surface area contributed by atoms with E-state index in [2.05, 4.69) is 39.4 Å². The smallest absolute Gasteiger partial charge is 0.262 e. The normalized spacial score (nSPS) is 13.4. The average Bonchev–Trinajstić information content (AvgIpc) is 2.92. The molecule has 182 valence electrons. The number of amides is 2. The summed E-state index contributed by atoms with van der Waals surface area (Å²) in [5.74, 6) is 0.617. The fourth-order valence-electron chi connectivity index (χ4n) is 4.29. The largest absolute Gasteiger partial charge is 0.481 e. The summed E-state index contributed by atoms with van der Waals surface area (Å²) in [5, 5.41) is 3.70. The maximum atomic E-state index is 12.4. The third kappa shape index (κ3) is 5.22. The minimum atomic E-state index is -0.517. The van der Waals surface area contributed by atoms with Gasteiger partial charge in [0.05, 0.1) is 0 Å². The van der Waals surface area contributed by atoms with Crippen molar-refractivity contribution in [2.45, 2.75) is 0 Å². The van der Waals surface area contributed by atoms with Crippen molar-refractivity contribution in [3.63, 3.8) is 0 Å². The fraction of sp³-hybridized carbons (Fsp3) is 0.179. The standard InChI is InChI=1S/C28H27N5O3/c29-28(35)21-9-12-22(13-10-21)30-26(34)19-36-24-8-4-5-20-11-14-25(31-27(20)24)33-17-15-32(16-18-33)23-6-2-1-3-7-23/h1-14H,15-19H2,(H2,29,35)(H,30,34). The van der Waals surface area contributed by atoms with Crippen LogP contribution in [0.1, 0.15) is 10.4 Å². The van der Waals surface area contributed by atoms with E-state index in [0.29, 0.717) is 17.0 Å². The highest BCUT2D eigenvalue weighted by atomic mass is 16.5. The molecule has 1 saturated heterocycles. The zero-order valence-corrected chi connectivity index (χ0v) is 19.8. The minimum Gasteiger partial charge on any atom is -0.481 e. The number of para-hydroxylation sites is 2. The molecule has 0 bridgehead atoms. The summed E-state index contributed by atoms with van der Waals surface area (Å²) in [6, 6.07) is 26.6. The summed E-state index contributed by atoms with van der Waals surface area (Å²) in [7, 11) is 0. The van der Waals surface area contributed by atoms with Gasteiger partial charge >= 0.3 is 0 Å². The number of hydrogen-bond acceptors (Lipinski definition) is 6. The molecular weight excluding hydrogens is 454 g/mol. The van der Waals surface area contributed by atoms with Crippen LogP contribution >= 0.6 is 0 Å². The van der Waals surface area contributed by atoms with Gasteiger partial charge in [0, 0.05) is 48.5 Å². The number of carbonyl (C=O) groups excluding carboxylic acids is 2. The lowest BCUT2D eigenvalue weighted by atomic mass is 10.2. The Morgan fingerprint density at radius 2 is 1.56 bits per heavy atom. The predicted octanol–water partition coefficient (Wildman–Crippen LogP) is 3.68. The molecular formula is C28H27N5O3. The number of anilines is 3. The highest BCUT2D eigenvalue weighted by Crippen LogP contribution is 2.27. The van der Waals surface area contributed by atoms with Gasteiger partial charge in [0.15, 0.2) is 6.61 Å². The summed E-state index contributed by atoms with van der Waals surface area (Å²) in [5.41, 5.74) is 8.15. The van der Waals surface area contributed by atoms with Crippen molar-refractivity contribution in [1.82, 2.24) is 4.98 Å². The molecule has 1 aliphatic heterocycles. The van der Waals surface area contributed by atoms with Crippen LogP contribution in [0.5, 0.6) is 5.75 Å². The number of fused-ring (bicyclic) bond motifs is 1. The molecule has 3 N–H and O–H groups in total. The van der Waals surface area contributed by atoms with E-state index in [-0.39, 0.29) is 12.5 Å². The number of nitrogens with one attached hydrogen (secondary N) is 1. The number of ether oxygens (including phenoxy) is 1. The molecule has 3 aromatic carbocycles. The molecule has 1 aromatic heterocycles. The van der Waals surface area contributed by atoms with E-state index in [0.717, 1.165) is 42.9 Å². The number of carbonyl (C=O) groups is 2. The lowest BCUT2D eigenvalue weighted by molar-refractivity contribution is -0.118. The van der Waals surface area contributed by atoms with Gasteiger partial charge in [-0.05, 0) is 54.6 Å². The van der Waals surface area contributed by atoms with E-state index < -0.39 is 5.91 Å². The number of nitrogens with zero attached hydrogens (tertiary/aromatic N) is 3. The van der Waals surface area contributed by atoms with Gasteiger partial charge in [-0.25, -0.2) is 4.98 Å². The lowest BCUT2D eigenvalue weighted by Gasteiger charge is -2.36. The number of nitrogens with two attached hydrogens (primary N) is 1. The van der Waals surface area contributed by atoms with Crippen molar-refractivity contribution in [3.8, 4) is 5.75 Å². The monoisotopic (exact) mass is 481 g/mol. The molecule has 0 spiro atoms. The summed E-state index contributed by atoms with van der Waals surface area (Å²) < 4.78 is 5.86. The minimum absolute atomic E-state index is 0.168. The van der Waals surface area contributed by atoms with E-state index >= 15 is 0 Å². The highest BCUT2D eigenvalue weighted by molar-refractivity contribution is 5.95. The van der Waals surface area contributed by atoms with Gasteiger partial charge in [-0.1, -0.05) is 30.3 Å². The molecule has 8 heteroatoms. The Balaban J connectivity index is 1.24. The first-order valence-corrected chi connectivity index (χ1v) is 11.8. The van der Waals surface area contributed by atoms with Gasteiger partial charge < -0.3 is 25.6 Å². The second-order valence-corrected chi connectivity index (χ2v) is 8.59. The number of piperazine rings is 1. The maximum absolute atomic E-state index is 12.4. The Labute approximate surface area is 209 Å². The zero-order chi connectivity index (χ0) is 24.9. The number of primary amides is 1. The van der Waals surface area contributed by atoms with Crippen LogP contribution in [0.4, 0.5) is 17.2 Å². The van der Waals surface area contributed by atoms with Crippen molar-refractivity contribution in [3.05, 3.63) is 90.5 Å². The molecule has 0 atom stereocenters. The molecule has 36 heavy (non-hydrogen) atoms. The second-order valence-electron chi connectivity index (χ2n) is 8.59. The van der Waals surface area contributed by atoms with Crippen LogP contribution in [-0.2, 0) is 4.79 Å². The Morgan fingerprint density at radius 3 is 2.28 bits per heavy atom. The van der Waals surface area contributed by atoms with Crippen LogP contribution in [0.15, 0.2) is 84.9 Å². The SMILES string of the molecule is NC(=O)c1ccc(NC(=O)COc2cccc3ccc(N4CCN(c5ccccc5)CC4)nc23)cc1. The molecule has 1 aliphatic rings. The maximum Gasteiger partial charge on any atom is 0.262 e. The first-order chi connectivity index (χ1) is 17.6. The third-order valence-electron chi connectivity index (χ3n) is 6.21. The number of hydrogen-bond donors (Lipinski definition) is 2. The van der Waals surface area contributed by atoms with Crippen LogP contribution in [0, 0.1) is 0 Å². The van der Waals surface area contributed by atoms with Crippen molar-refractivity contribution in [2.75, 3.05) is 47.9 Å². The predicted molar refractivity (Wildman–Crippen MR) is 142 cm³/mol. The molecule has 0 unspecified atom stereocenters. The first-order valence-electron chi connectivity index (χ1n) is 11.8. The topological polar surface area (TPSA) is 101 Å². The number of rotatable bonds is 7.